The van der Waals surface area contributed by atoms with Crippen LogP contribution >= 0.6 is 19.4 Å². The second-order valence-corrected chi connectivity index (χ2v) is 4.74. The molecule has 2 heterocycles. The van der Waals surface area contributed by atoms with Crippen molar-refractivity contribution in [3.05, 3.63) is 61.2 Å². The normalized spacial score (nSPS) is 6.94. The molecule has 2 aromatic heterocycles. The van der Waals surface area contributed by atoms with Crippen molar-refractivity contribution < 1.29 is 26.1 Å². The molecule has 0 aliphatic carbocycles. The molecule has 0 bridgehead atoms. The number of hydrogen-bond acceptors (Lipinski definition) is 2. The van der Waals surface area contributed by atoms with Gasteiger partial charge in [0.05, 0.1) is 0 Å². The predicted molar refractivity (Wildman–Crippen MR) is 67.4 cm³/mol. The van der Waals surface area contributed by atoms with Crippen LogP contribution in [-0.4, -0.2) is 20.9 Å². The van der Waals surface area contributed by atoms with Crippen molar-refractivity contribution in [2.75, 3.05) is 0 Å². The Labute approximate surface area is 116 Å². The molecule has 2 aromatic rings. The summed E-state index contributed by atoms with van der Waals surface area (Å²) in [4.78, 5) is 7.57. The predicted octanol–water partition coefficient (Wildman–Crippen LogP) is 1.89. The number of nitrogens with zero attached hydrogens (tertiary/aromatic N) is 2. The maximum Gasteiger partial charge on any atom is 0.0267 e. The molecular weight excluding hydrogens is 352 g/mol. The number of halogens is 2. The van der Waals surface area contributed by atoms with E-state index in [1.807, 2.05) is 36.4 Å². The molecule has 98 valence electrons. The van der Waals surface area contributed by atoms with E-state index in [0.29, 0.717) is 0 Å². The monoisotopic (exact) mass is 366 g/mol. The minimum atomic E-state index is -0.346. The molecule has 0 radical (unpaired) electrons. The Morgan fingerprint density at radius 3 is 0.882 bits per heavy atom. The van der Waals surface area contributed by atoms with Crippen LogP contribution in [0.15, 0.2) is 61.2 Å². The maximum atomic E-state index is 4.85. The summed E-state index contributed by atoms with van der Waals surface area (Å²) in [7, 11) is 9.71. The second kappa shape index (κ2) is 20.8. The number of aromatic nitrogens is 2. The van der Waals surface area contributed by atoms with Crippen LogP contribution < -0.4 is 0 Å². The van der Waals surface area contributed by atoms with Gasteiger partial charge in [0.2, 0.25) is 0 Å². The second-order valence-electron chi connectivity index (χ2n) is 2.10. The first-order valence-electron chi connectivity index (χ1n) is 3.97. The van der Waals surface area contributed by atoms with E-state index in [0.717, 1.165) is 0 Å². The van der Waals surface area contributed by atoms with E-state index in [1.165, 1.54) is 0 Å². The molecule has 0 amide bonds. The third kappa shape index (κ3) is 21.3. The molecule has 2 rings (SSSR count). The van der Waals surface area contributed by atoms with Crippen LogP contribution in [0.2, 0.25) is 0 Å². The topological polar surface area (TPSA) is 88.8 Å². The van der Waals surface area contributed by atoms with Crippen LogP contribution in [0, 0.1) is 0 Å². The van der Waals surface area contributed by atoms with Crippen LogP contribution in [-0.2, 0) is 15.1 Å². The molecule has 4 N–H and O–H groups in total. The Balaban J connectivity index is -0.000000173. The van der Waals surface area contributed by atoms with Crippen molar-refractivity contribution in [3.63, 3.8) is 0 Å². The molecule has 0 aromatic carbocycles. The van der Waals surface area contributed by atoms with Gasteiger partial charge in [-0.2, -0.15) is 0 Å². The fourth-order valence-corrected chi connectivity index (χ4v) is 0.625. The van der Waals surface area contributed by atoms with Gasteiger partial charge in [-0.05, 0) is 24.3 Å². The summed E-state index contributed by atoms with van der Waals surface area (Å²) in [5, 5.41) is 0. The molecule has 0 atom stereocenters. The van der Waals surface area contributed by atoms with Crippen LogP contribution in [0.1, 0.15) is 0 Å². The van der Waals surface area contributed by atoms with E-state index in [2.05, 4.69) is 9.97 Å². The average molecular weight is 366 g/mol. The Morgan fingerprint density at radius 1 is 0.588 bits per heavy atom. The first kappa shape index (κ1) is 21.7. The first-order chi connectivity index (χ1) is 7.41. The first-order valence-corrected chi connectivity index (χ1v) is 8.44. The molecule has 4 nitrogen and oxygen atoms in total. The van der Waals surface area contributed by atoms with E-state index in [-0.39, 0.29) is 26.1 Å². The van der Waals surface area contributed by atoms with Crippen LogP contribution in [0.3, 0.4) is 0 Å². The molecule has 0 fully saturated rings. The van der Waals surface area contributed by atoms with Gasteiger partial charge in [0.25, 0.3) is 0 Å². The average Bonchev–Trinajstić information content (AvgIpc) is 2.35. The summed E-state index contributed by atoms with van der Waals surface area (Å²) in [5.41, 5.74) is 0. The van der Waals surface area contributed by atoms with Gasteiger partial charge in [-0.15, -0.1) is 0 Å². The Hall–Kier alpha value is -0.577. The minimum absolute atomic E-state index is 0. The minimum Gasteiger partial charge on any atom is -0.265 e. The molecule has 17 heavy (non-hydrogen) atoms. The summed E-state index contributed by atoms with van der Waals surface area (Å²) in [6.07, 6.45) is 7.00. The Bertz CT molecular complexity index is 219. The maximum absolute atomic E-state index is 4.85. The standard InChI is InChI=1S/2C5H5N.2ClH.2H2O.Ru/c2*1-2-4-6-5-3-1;;;;;/h2*1-5H;2*1H;2*1H2;/q;;;;;;+2/p-2. The van der Waals surface area contributed by atoms with Gasteiger partial charge < -0.3 is 11.0 Å². The molecule has 7 heteroatoms. The zero-order valence-electron chi connectivity index (χ0n) is 8.78. The summed E-state index contributed by atoms with van der Waals surface area (Å²) in [6, 6.07) is 11.4. The van der Waals surface area contributed by atoms with E-state index in [4.69, 9.17) is 19.4 Å². The van der Waals surface area contributed by atoms with Crippen molar-refractivity contribution >= 4 is 19.4 Å². The summed E-state index contributed by atoms with van der Waals surface area (Å²) >= 11 is -0.346. The summed E-state index contributed by atoms with van der Waals surface area (Å²) in [5.74, 6) is 0. The third-order valence-corrected chi connectivity index (χ3v) is 1.13. The molecular formula is C10H14Cl2N2O2Ru. The fraction of sp³-hybridized carbons (Fsp3) is 0. The van der Waals surface area contributed by atoms with E-state index < -0.39 is 0 Å². The zero-order valence-corrected chi connectivity index (χ0v) is 12.0. The largest absolute Gasteiger partial charge is 0.265 e. The summed E-state index contributed by atoms with van der Waals surface area (Å²) in [6.45, 7) is 0. The molecule has 0 saturated carbocycles. The van der Waals surface area contributed by atoms with Gasteiger partial charge >= 0.3 is 34.5 Å². The number of rotatable bonds is 0. The zero-order chi connectivity index (χ0) is 11.2. The van der Waals surface area contributed by atoms with Gasteiger partial charge in [0, 0.05) is 24.8 Å². The van der Waals surface area contributed by atoms with E-state index in [9.17, 15) is 0 Å². The van der Waals surface area contributed by atoms with Crippen molar-refractivity contribution in [1.29, 1.82) is 0 Å². The van der Waals surface area contributed by atoms with Gasteiger partial charge in [-0.1, -0.05) is 12.1 Å². The van der Waals surface area contributed by atoms with Gasteiger partial charge in [-0.25, -0.2) is 0 Å². The van der Waals surface area contributed by atoms with E-state index in [1.54, 1.807) is 24.8 Å². The quantitative estimate of drug-likeness (QED) is 0.667. The van der Waals surface area contributed by atoms with Crippen molar-refractivity contribution in [2.24, 2.45) is 0 Å². The number of hydrogen-bond donors (Lipinski definition) is 0. The molecule has 0 aliphatic rings. The molecule has 0 spiro atoms. The van der Waals surface area contributed by atoms with Gasteiger partial charge in [0.1, 0.15) is 0 Å². The van der Waals surface area contributed by atoms with Crippen LogP contribution in [0.25, 0.3) is 0 Å². The summed E-state index contributed by atoms with van der Waals surface area (Å²) < 4.78 is 0. The molecule has 0 saturated heterocycles. The smallest absolute Gasteiger partial charge is 0.0267 e. The molecule has 0 aliphatic heterocycles. The molecule has 0 unspecified atom stereocenters. The van der Waals surface area contributed by atoms with Crippen molar-refractivity contribution in [1.82, 2.24) is 9.97 Å². The van der Waals surface area contributed by atoms with Gasteiger partial charge in [0.15, 0.2) is 0 Å². The van der Waals surface area contributed by atoms with E-state index >= 15 is 0 Å². The van der Waals surface area contributed by atoms with Crippen molar-refractivity contribution in [3.8, 4) is 0 Å². The number of pyridine rings is 2. The Kier molecular flexibility index (Phi) is 26.5. The fourth-order valence-electron chi connectivity index (χ4n) is 0.625. The van der Waals surface area contributed by atoms with Gasteiger partial charge in [-0.3, -0.25) is 9.97 Å². The van der Waals surface area contributed by atoms with Crippen LogP contribution in [0.5, 0.6) is 0 Å². The van der Waals surface area contributed by atoms with Crippen molar-refractivity contribution in [2.45, 2.75) is 0 Å². The third-order valence-electron chi connectivity index (χ3n) is 1.13. The van der Waals surface area contributed by atoms with Crippen LogP contribution in [0.4, 0.5) is 0 Å². The SMILES string of the molecule is O.O.[Cl][Ru][Cl].c1ccncc1.c1ccncc1. The Morgan fingerprint density at radius 2 is 0.824 bits per heavy atom.